The van der Waals surface area contributed by atoms with Crippen LogP contribution in [-0.4, -0.2) is 37.8 Å². The molecule has 0 aliphatic rings. The number of methoxy groups -OCH3 is 1. The summed E-state index contributed by atoms with van der Waals surface area (Å²) in [5.41, 5.74) is 1.20. The molecule has 2 atom stereocenters. The summed E-state index contributed by atoms with van der Waals surface area (Å²) < 4.78 is 5.13. The Morgan fingerprint density at radius 3 is 2.19 bits per heavy atom. The monoisotopic (exact) mass is 223 g/mol. The normalized spacial score (nSPS) is 14.9. The molecule has 0 amide bonds. The molecular weight excluding hydrogens is 202 g/mol. The molecule has 1 aromatic rings. The topological polar surface area (TPSA) is 32.7 Å². The Hall–Kier alpha value is -1.06. The van der Waals surface area contributed by atoms with Crippen molar-refractivity contribution < 1.29 is 9.84 Å². The van der Waals surface area contributed by atoms with E-state index in [9.17, 15) is 5.11 Å². The number of aliphatic hydroxyl groups is 1. The molecule has 0 radical (unpaired) electrons. The van der Waals surface area contributed by atoms with Crippen LogP contribution in [0.2, 0.25) is 0 Å². The molecule has 0 saturated heterocycles. The molecule has 1 N–H and O–H groups in total. The second-order valence-electron chi connectivity index (χ2n) is 4.34. The summed E-state index contributed by atoms with van der Waals surface area (Å²) in [4.78, 5) is 2.13. The molecule has 90 valence electrons. The second-order valence-corrected chi connectivity index (χ2v) is 4.34. The molecule has 0 fully saturated rings. The number of ether oxygens (including phenoxy) is 1. The molecular formula is C13H21NO2. The van der Waals surface area contributed by atoms with Crippen LogP contribution in [0.3, 0.4) is 0 Å². The van der Waals surface area contributed by atoms with Gasteiger partial charge < -0.3 is 14.7 Å². The van der Waals surface area contributed by atoms with Crippen LogP contribution >= 0.6 is 0 Å². The fraction of sp³-hybridized carbons (Fsp3) is 0.538. The van der Waals surface area contributed by atoms with Crippen molar-refractivity contribution in [1.82, 2.24) is 4.90 Å². The fourth-order valence-electron chi connectivity index (χ4n) is 2.04. The minimum atomic E-state index is 0.189. The Labute approximate surface area is 97.7 Å². The molecule has 1 rings (SSSR count). The van der Waals surface area contributed by atoms with E-state index < -0.39 is 0 Å². The molecule has 0 saturated carbocycles. The first kappa shape index (κ1) is 13.0. The third kappa shape index (κ3) is 2.97. The predicted molar refractivity (Wildman–Crippen MR) is 65.7 cm³/mol. The molecule has 0 spiro atoms. The first-order valence-electron chi connectivity index (χ1n) is 5.51. The summed E-state index contributed by atoms with van der Waals surface area (Å²) in [7, 11) is 5.72. The quantitative estimate of drug-likeness (QED) is 0.828. The lowest BCUT2D eigenvalue weighted by Gasteiger charge is -2.29. The summed E-state index contributed by atoms with van der Waals surface area (Å²) in [5, 5.41) is 9.26. The van der Waals surface area contributed by atoms with Gasteiger partial charge in [-0.3, -0.25) is 0 Å². The summed E-state index contributed by atoms with van der Waals surface area (Å²) >= 11 is 0. The van der Waals surface area contributed by atoms with Crippen LogP contribution in [0.5, 0.6) is 5.75 Å². The minimum absolute atomic E-state index is 0.189. The van der Waals surface area contributed by atoms with Crippen molar-refractivity contribution in [3.63, 3.8) is 0 Å². The van der Waals surface area contributed by atoms with Crippen molar-refractivity contribution in [2.75, 3.05) is 27.8 Å². The maximum atomic E-state index is 9.26. The number of aliphatic hydroxyl groups excluding tert-OH is 1. The van der Waals surface area contributed by atoms with Crippen LogP contribution in [0.25, 0.3) is 0 Å². The average Bonchev–Trinajstić information content (AvgIpc) is 2.29. The van der Waals surface area contributed by atoms with Gasteiger partial charge in [-0.25, -0.2) is 0 Å². The van der Waals surface area contributed by atoms with Gasteiger partial charge in [-0.05, 0) is 37.7 Å². The smallest absolute Gasteiger partial charge is 0.118 e. The lowest BCUT2D eigenvalue weighted by molar-refractivity contribution is 0.145. The predicted octanol–water partition coefficient (Wildman–Crippen LogP) is 1.93. The van der Waals surface area contributed by atoms with Gasteiger partial charge in [0, 0.05) is 12.6 Å². The largest absolute Gasteiger partial charge is 0.497 e. The number of nitrogens with zero attached hydrogens (tertiary/aromatic N) is 1. The fourth-order valence-corrected chi connectivity index (χ4v) is 2.04. The van der Waals surface area contributed by atoms with Gasteiger partial charge in [0.2, 0.25) is 0 Å². The van der Waals surface area contributed by atoms with Crippen molar-refractivity contribution in [1.29, 1.82) is 0 Å². The first-order valence-corrected chi connectivity index (χ1v) is 5.51. The molecule has 16 heavy (non-hydrogen) atoms. The third-order valence-corrected chi connectivity index (χ3v) is 2.84. The van der Waals surface area contributed by atoms with Gasteiger partial charge >= 0.3 is 0 Å². The van der Waals surface area contributed by atoms with Crippen LogP contribution in [0.1, 0.15) is 18.5 Å². The highest BCUT2D eigenvalue weighted by molar-refractivity contribution is 5.29. The summed E-state index contributed by atoms with van der Waals surface area (Å²) in [5.74, 6) is 1.07. The van der Waals surface area contributed by atoms with Crippen molar-refractivity contribution in [2.45, 2.75) is 13.0 Å². The Bertz CT molecular complexity index is 308. The first-order chi connectivity index (χ1) is 7.60. The lowest BCUT2D eigenvalue weighted by atomic mass is 9.94. The SMILES string of the molecule is COc1ccc(C(C(C)CO)N(C)C)cc1. The number of hydrogen-bond donors (Lipinski definition) is 1. The number of hydrogen-bond acceptors (Lipinski definition) is 3. The summed E-state index contributed by atoms with van der Waals surface area (Å²) in [6.07, 6.45) is 0. The summed E-state index contributed by atoms with van der Waals surface area (Å²) in [6.45, 7) is 2.24. The van der Waals surface area contributed by atoms with Gasteiger partial charge in [0.05, 0.1) is 7.11 Å². The zero-order valence-electron chi connectivity index (χ0n) is 10.5. The van der Waals surface area contributed by atoms with E-state index in [0.29, 0.717) is 0 Å². The van der Waals surface area contributed by atoms with Crippen molar-refractivity contribution >= 4 is 0 Å². The maximum Gasteiger partial charge on any atom is 0.118 e. The van der Waals surface area contributed by atoms with Gasteiger partial charge in [0.1, 0.15) is 5.75 Å². The van der Waals surface area contributed by atoms with E-state index in [1.165, 1.54) is 5.56 Å². The standard InChI is InChI=1S/C13H21NO2/c1-10(9-15)13(14(2)3)11-5-7-12(16-4)8-6-11/h5-8,10,13,15H,9H2,1-4H3. The van der Waals surface area contributed by atoms with Crippen LogP contribution in [0.15, 0.2) is 24.3 Å². The summed E-state index contributed by atoms with van der Waals surface area (Å²) in [6, 6.07) is 8.24. The zero-order chi connectivity index (χ0) is 12.1. The van der Waals surface area contributed by atoms with E-state index in [1.807, 2.05) is 26.2 Å². The Balaban J connectivity index is 2.92. The molecule has 0 aliphatic heterocycles. The molecule has 0 aromatic heterocycles. The molecule has 3 heteroatoms. The molecule has 3 nitrogen and oxygen atoms in total. The van der Waals surface area contributed by atoms with Crippen molar-refractivity contribution in [3.8, 4) is 5.75 Å². The Morgan fingerprint density at radius 2 is 1.81 bits per heavy atom. The third-order valence-electron chi connectivity index (χ3n) is 2.84. The van der Waals surface area contributed by atoms with Crippen molar-refractivity contribution in [2.24, 2.45) is 5.92 Å². The van der Waals surface area contributed by atoms with E-state index in [2.05, 4.69) is 24.0 Å². The van der Waals surface area contributed by atoms with Gasteiger partial charge in [-0.2, -0.15) is 0 Å². The highest BCUT2D eigenvalue weighted by atomic mass is 16.5. The molecule has 1 aromatic carbocycles. The number of rotatable bonds is 5. The van der Waals surface area contributed by atoms with Gasteiger partial charge in [-0.15, -0.1) is 0 Å². The minimum Gasteiger partial charge on any atom is -0.497 e. The zero-order valence-corrected chi connectivity index (χ0v) is 10.5. The van der Waals surface area contributed by atoms with Crippen LogP contribution in [0, 0.1) is 5.92 Å². The molecule has 0 bridgehead atoms. The molecule has 0 aliphatic carbocycles. The van der Waals surface area contributed by atoms with Gasteiger partial charge in [0.15, 0.2) is 0 Å². The Morgan fingerprint density at radius 1 is 1.25 bits per heavy atom. The van der Waals surface area contributed by atoms with E-state index in [1.54, 1.807) is 7.11 Å². The average molecular weight is 223 g/mol. The maximum absolute atomic E-state index is 9.26. The lowest BCUT2D eigenvalue weighted by Crippen LogP contribution is -2.27. The van der Waals surface area contributed by atoms with Crippen LogP contribution < -0.4 is 4.74 Å². The van der Waals surface area contributed by atoms with E-state index in [-0.39, 0.29) is 18.6 Å². The molecule has 2 unspecified atom stereocenters. The second kappa shape index (κ2) is 5.87. The van der Waals surface area contributed by atoms with E-state index in [0.717, 1.165) is 5.75 Å². The van der Waals surface area contributed by atoms with Crippen molar-refractivity contribution in [3.05, 3.63) is 29.8 Å². The molecule has 0 heterocycles. The Kier molecular flexibility index (Phi) is 4.77. The van der Waals surface area contributed by atoms with E-state index in [4.69, 9.17) is 4.74 Å². The van der Waals surface area contributed by atoms with Crippen LogP contribution in [-0.2, 0) is 0 Å². The highest BCUT2D eigenvalue weighted by Gasteiger charge is 2.20. The highest BCUT2D eigenvalue weighted by Crippen LogP contribution is 2.27. The van der Waals surface area contributed by atoms with Gasteiger partial charge in [-0.1, -0.05) is 19.1 Å². The van der Waals surface area contributed by atoms with E-state index >= 15 is 0 Å². The van der Waals surface area contributed by atoms with Gasteiger partial charge in [0.25, 0.3) is 0 Å². The number of benzene rings is 1. The van der Waals surface area contributed by atoms with Crippen LogP contribution in [0.4, 0.5) is 0 Å².